The zero-order valence-electron chi connectivity index (χ0n) is 24.7. The third-order valence-electron chi connectivity index (χ3n) is 11.1. The molecule has 0 spiro atoms. The van der Waals surface area contributed by atoms with Crippen molar-refractivity contribution in [3.63, 3.8) is 0 Å². The lowest BCUT2D eigenvalue weighted by atomic mass is 9.61. The molecule has 6 rings (SSSR count). The van der Waals surface area contributed by atoms with Gasteiger partial charge in [-0.25, -0.2) is 0 Å². The lowest BCUT2D eigenvalue weighted by Gasteiger charge is -2.44. The van der Waals surface area contributed by atoms with E-state index in [9.17, 15) is 15.3 Å². The predicted molar refractivity (Wildman–Crippen MR) is 163 cm³/mol. The standard InChI is InChI=1S/C36H47NO4/c1-23(11-16-33(40)36(18-19-36)34-37-22-32(41-34)26-8-5-4-6-9-26)29-14-15-30-25(10-7-17-35(29,30)3)12-13-27-20-28(38)21-31(39)24(27)2/h4-6,8-9,11-13,16,23,28-33,38-40H,2,7,10,14-15,17-22H2,1,3H3/b16-11+,25-12+,27-13-/t23-,28?,29-,30+,31?,32?,33?,35-/m1/s1. The summed E-state index contributed by atoms with van der Waals surface area (Å²) in [7, 11) is 0. The van der Waals surface area contributed by atoms with E-state index < -0.39 is 18.3 Å². The molecular formula is C36H47NO4. The third kappa shape index (κ3) is 5.42. The molecule has 41 heavy (non-hydrogen) atoms. The van der Waals surface area contributed by atoms with Gasteiger partial charge in [0.05, 0.1) is 30.3 Å². The number of hydrogen-bond acceptors (Lipinski definition) is 5. The minimum atomic E-state index is -0.647. The molecule has 5 nitrogen and oxygen atoms in total. The molecule has 1 aromatic carbocycles. The van der Waals surface area contributed by atoms with Gasteiger partial charge in [-0.2, -0.15) is 0 Å². The Bertz CT molecular complexity index is 1260. The van der Waals surface area contributed by atoms with Crippen molar-refractivity contribution in [3.8, 4) is 0 Å². The highest BCUT2D eigenvalue weighted by Crippen LogP contribution is 2.60. The fourth-order valence-electron chi connectivity index (χ4n) is 8.47. The van der Waals surface area contributed by atoms with E-state index in [-0.39, 0.29) is 16.9 Å². The topological polar surface area (TPSA) is 82.3 Å². The van der Waals surface area contributed by atoms with Gasteiger partial charge in [-0.3, -0.25) is 4.99 Å². The number of hydrogen-bond donors (Lipinski definition) is 3. The number of rotatable bonds is 7. The fraction of sp³-hybridized carbons (Fsp3) is 0.583. The molecule has 5 aliphatic rings. The van der Waals surface area contributed by atoms with E-state index in [1.165, 1.54) is 31.3 Å². The maximum absolute atomic E-state index is 11.3. The monoisotopic (exact) mass is 557 g/mol. The van der Waals surface area contributed by atoms with E-state index in [4.69, 9.17) is 9.73 Å². The van der Waals surface area contributed by atoms with Crippen LogP contribution in [0.4, 0.5) is 0 Å². The summed E-state index contributed by atoms with van der Waals surface area (Å²) in [5.41, 5.74) is 4.26. The predicted octanol–water partition coefficient (Wildman–Crippen LogP) is 6.63. The number of nitrogens with zero attached hydrogens (tertiary/aromatic N) is 1. The van der Waals surface area contributed by atoms with Crippen LogP contribution in [0.25, 0.3) is 0 Å². The van der Waals surface area contributed by atoms with Crippen LogP contribution in [0.1, 0.15) is 83.3 Å². The Morgan fingerprint density at radius 1 is 1.07 bits per heavy atom. The maximum Gasteiger partial charge on any atom is 0.193 e. The highest BCUT2D eigenvalue weighted by Gasteiger charge is 2.56. The van der Waals surface area contributed by atoms with Crippen LogP contribution in [0, 0.1) is 28.6 Å². The molecule has 220 valence electrons. The zero-order chi connectivity index (χ0) is 28.8. The molecule has 0 amide bonds. The van der Waals surface area contributed by atoms with Crippen molar-refractivity contribution in [2.75, 3.05) is 6.54 Å². The van der Waals surface area contributed by atoms with Crippen LogP contribution in [0.3, 0.4) is 0 Å². The largest absolute Gasteiger partial charge is 0.470 e. The van der Waals surface area contributed by atoms with Gasteiger partial charge in [-0.15, -0.1) is 0 Å². The molecular weight excluding hydrogens is 510 g/mol. The summed E-state index contributed by atoms with van der Waals surface area (Å²) in [6, 6.07) is 10.2. The van der Waals surface area contributed by atoms with Crippen LogP contribution < -0.4 is 0 Å². The number of aliphatic hydroxyl groups is 3. The van der Waals surface area contributed by atoms with E-state index >= 15 is 0 Å². The molecule has 5 heteroatoms. The van der Waals surface area contributed by atoms with Crippen molar-refractivity contribution in [3.05, 3.63) is 83.5 Å². The van der Waals surface area contributed by atoms with Crippen LogP contribution in [0.15, 0.2) is 82.9 Å². The Hall–Kier alpha value is -2.47. The van der Waals surface area contributed by atoms with Gasteiger partial charge in [0.15, 0.2) is 5.90 Å². The van der Waals surface area contributed by atoms with Crippen molar-refractivity contribution in [2.24, 2.45) is 33.6 Å². The SMILES string of the molecule is C=C1/C(=C\C=C2/CCC[C@]3(C)[C@@H]([C@H](C)/C=C/C(O)C4(C5=NCC(c6ccccc6)O5)CC4)CC[C@@H]23)CC(O)CC1O. The Kier molecular flexibility index (Phi) is 7.90. The average Bonchev–Trinajstić information content (AvgIpc) is 3.47. The van der Waals surface area contributed by atoms with Gasteiger partial charge in [0.2, 0.25) is 0 Å². The minimum Gasteiger partial charge on any atom is -0.470 e. The van der Waals surface area contributed by atoms with Gasteiger partial charge < -0.3 is 20.1 Å². The van der Waals surface area contributed by atoms with Crippen LogP contribution in [-0.2, 0) is 4.74 Å². The van der Waals surface area contributed by atoms with E-state index in [1.54, 1.807) is 0 Å². The smallest absolute Gasteiger partial charge is 0.193 e. The van der Waals surface area contributed by atoms with Gasteiger partial charge in [0, 0.05) is 6.42 Å². The molecule has 8 atom stereocenters. The first kappa shape index (κ1) is 28.6. The molecule has 1 aliphatic heterocycles. The highest BCUT2D eigenvalue weighted by molar-refractivity contribution is 5.87. The molecule has 1 aromatic rings. The first-order valence-corrected chi connectivity index (χ1v) is 15.8. The van der Waals surface area contributed by atoms with Crippen molar-refractivity contribution >= 4 is 5.90 Å². The molecule has 0 saturated heterocycles. The first-order valence-electron chi connectivity index (χ1n) is 15.8. The molecule has 4 saturated carbocycles. The van der Waals surface area contributed by atoms with Crippen LogP contribution in [-0.4, -0.2) is 46.1 Å². The van der Waals surface area contributed by atoms with E-state index in [0.717, 1.165) is 41.9 Å². The van der Waals surface area contributed by atoms with Crippen molar-refractivity contribution in [2.45, 2.75) is 96.1 Å². The second kappa shape index (κ2) is 11.3. The second-order valence-corrected chi connectivity index (χ2v) is 13.7. The molecule has 3 N–H and O–H groups in total. The Balaban J connectivity index is 1.11. The summed E-state index contributed by atoms with van der Waals surface area (Å²) in [5.74, 6) is 2.23. The average molecular weight is 558 g/mol. The first-order chi connectivity index (χ1) is 19.7. The summed E-state index contributed by atoms with van der Waals surface area (Å²) < 4.78 is 6.30. The summed E-state index contributed by atoms with van der Waals surface area (Å²) in [6.45, 7) is 9.52. The molecule has 1 heterocycles. The fourth-order valence-corrected chi connectivity index (χ4v) is 8.47. The van der Waals surface area contributed by atoms with Crippen molar-refractivity contribution in [1.29, 1.82) is 0 Å². The Morgan fingerprint density at radius 2 is 1.85 bits per heavy atom. The van der Waals surface area contributed by atoms with E-state index in [2.05, 4.69) is 50.8 Å². The molecule has 4 unspecified atom stereocenters. The molecule has 4 aliphatic carbocycles. The minimum absolute atomic E-state index is 0.0512. The number of aliphatic imine (C=N–C) groups is 1. The van der Waals surface area contributed by atoms with Crippen LogP contribution >= 0.6 is 0 Å². The van der Waals surface area contributed by atoms with Crippen molar-refractivity contribution in [1.82, 2.24) is 0 Å². The van der Waals surface area contributed by atoms with Gasteiger partial charge in [0.25, 0.3) is 0 Å². The van der Waals surface area contributed by atoms with E-state index in [0.29, 0.717) is 37.1 Å². The van der Waals surface area contributed by atoms with Gasteiger partial charge in [-0.1, -0.05) is 80.6 Å². The number of aliphatic hydroxyl groups excluding tert-OH is 3. The maximum atomic E-state index is 11.3. The number of fused-ring (bicyclic) bond motifs is 1. The number of benzene rings is 1. The molecule has 0 aromatic heterocycles. The van der Waals surface area contributed by atoms with E-state index in [1.807, 2.05) is 24.3 Å². The van der Waals surface area contributed by atoms with Gasteiger partial charge >= 0.3 is 0 Å². The quantitative estimate of drug-likeness (QED) is 0.329. The Labute approximate surface area is 245 Å². The van der Waals surface area contributed by atoms with Gasteiger partial charge in [0.1, 0.15) is 6.10 Å². The summed E-state index contributed by atoms with van der Waals surface area (Å²) in [5, 5.41) is 31.7. The van der Waals surface area contributed by atoms with Crippen LogP contribution in [0.2, 0.25) is 0 Å². The van der Waals surface area contributed by atoms with Crippen LogP contribution in [0.5, 0.6) is 0 Å². The molecule has 0 bridgehead atoms. The zero-order valence-corrected chi connectivity index (χ0v) is 24.7. The summed E-state index contributed by atoms with van der Waals surface area (Å²) in [4.78, 5) is 4.75. The molecule has 0 radical (unpaired) electrons. The Morgan fingerprint density at radius 3 is 2.61 bits per heavy atom. The lowest BCUT2D eigenvalue weighted by Crippen LogP contribution is -2.35. The third-order valence-corrected chi connectivity index (χ3v) is 11.1. The molecule has 4 fully saturated rings. The number of ether oxygens (including phenoxy) is 1. The summed E-state index contributed by atoms with van der Waals surface area (Å²) in [6.07, 6.45) is 15.6. The van der Waals surface area contributed by atoms with Gasteiger partial charge in [-0.05, 0) is 91.2 Å². The summed E-state index contributed by atoms with van der Waals surface area (Å²) >= 11 is 0. The normalized spacial score (nSPS) is 38.1. The lowest BCUT2D eigenvalue weighted by molar-refractivity contribution is 0.0862. The van der Waals surface area contributed by atoms with Crippen molar-refractivity contribution < 1.29 is 20.1 Å². The second-order valence-electron chi connectivity index (χ2n) is 13.7. The highest BCUT2D eigenvalue weighted by atomic mass is 16.5. The number of allylic oxidation sites excluding steroid dienone is 4.